The van der Waals surface area contributed by atoms with Gasteiger partial charge in [0.25, 0.3) is 0 Å². The minimum Gasteiger partial charge on any atom is -0.436 e. The maximum absolute atomic E-state index is 9.54. The highest BCUT2D eigenvalue weighted by Crippen LogP contribution is 2.56. The van der Waals surface area contributed by atoms with E-state index in [-0.39, 0.29) is 35.3 Å². The van der Waals surface area contributed by atoms with E-state index in [1.807, 2.05) is 72.8 Å². The van der Waals surface area contributed by atoms with E-state index in [1.165, 1.54) is 0 Å². The van der Waals surface area contributed by atoms with E-state index >= 15 is 0 Å². The lowest BCUT2D eigenvalue weighted by Crippen LogP contribution is -2.28. The van der Waals surface area contributed by atoms with Gasteiger partial charge in [-0.2, -0.15) is 0 Å². The Bertz CT molecular complexity index is 3060. The molecule has 2 heterocycles. The van der Waals surface area contributed by atoms with Crippen LogP contribution >= 0.6 is 0 Å². The lowest BCUT2D eigenvalue weighted by atomic mass is 9.67. The third kappa shape index (κ3) is 4.99. The number of hydrogen-bond donors (Lipinski definition) is 0. The van der Waals surface area contributed by atoms with Gasteiger partial charge in [0.1, 0.15) is 11.0 Å². The van der Waals surface area contributed by atoms with Gasteiger partial charge >= 0.3 is 0 Å². The molecule has 55 heavy (non-hydrogen) atoms. The van der Waals surface area contributed by atoms with Gasteiger partial charge in [-0.05, 0) is 104 Å². The summed E-state index contributed by atoms with van der Waals surface area (Å²) in [7, 11) is 0. The number of rotatable bonds is 6. The Morgan fingerprint density at radius 3 is 1.44 bits per heavy atom. The average Bonchev–Trinajstić information content (AvgIpc) is 4.00. The summed E-state index contributed by atoms with van der Waals surface area (Å²) in [5.41, 5.74) is 11.0. The van der Waals surface area contributed by atoms with Gasteiger partial charge in [-0.1, -0.05) is 145 Å². The molecule has 1 aliphatic carbocycles. The van der Waals surface area contributed by atoms with Crippen molar-refractivity contribution in [2.24, 2.45) is 0 Å². The third-order valence-electron chi connectivity index (χ3n) is 10.7. The molecule has 0 radical (unpaired) electrons. The van der Waals surface area contributed by atoms with Gasteiger partial charge in [-0.25, -0.2) is 9.97 Å². The van der Waals surface area contributed by atoms with Crippen LogP contribution in [0.4, 0.5) is 0 Å². The molecule has 258 valence electrons. The van der Waals surface area contributed by atoms with E-state index in [0.717, 1.165) is 33.4 Å². The second-order valence-corrected chi connectivity index (χ2v) is 13.8. The zero-order valence-corrected chi connectivity index (χ0v) is 29.4. The fourth-order valence-corrected chi connectivity index (χ4v) is 8.21. The van der Waals surface area contributed by atoms with Crippen molar-refractivity contribution in [3.8, 4) is 56.3 Å². The van der Waals surface area contributed by atoms with Crippen LogP contribution in [0.15, 0.2) is 203 Å². The van der Waals surface area contributed by atoms with E-state index in [9.17, 15) is 5.48 Å². The van der Waals surface area contributed by atoms with Crippen LogP contribution in [0.1, 0.15) is 27.7 Å². The van der Waals surface area contributed by atoms with Crippen LogP contribution < -0.4 is 0 Å². The number of nitrogens with zero attached hydrogens (tertiary/aromatic N) is 2. The minimum atomic E-state index is -0.686. The van der Waals surface area contributed by atoms with Gasteiger partial charge in [0, 0.05) is 11.1 Å². The molecule has 0 atom stereocenters. The summed E-state index contributed by atoms with van der Waals surface area (Å²) in [6, 6.07) is 55.2. The molecule has 0 fully saturated rings. The monoisotopic (exact) mass is 708 g/mol. The number of benzene rings is 8. The van der Waals surface area contributed by atoms with Gasteiger partial charge < -0.3 is 8.83 Å². The van der Waals surface area contributed by atoms with Gasteiger partial charge in [-0.3, -0.25) is 0 Å². The van der Waals surface area contributed by atoms with Crippen molar-refractivity contribution in [3.63, 3.8) is 0 Å². The van der Waals surface area contributed by atoms with Crippen molar-refractivity contribution in [2.75, 3.05) is 0 Å². The molecular formula is C51H32N2O2. The Morgan fingerprint density at radius 2 is 0.855 bits per heavy atom. The molecule has 8 aromatic carbocycles. The number of fused-ring (bicyclic) bond motifs is 5. The topological polar surface area (TPSA) is 52.1 Å². The smallest absolute Gasteiger partial charge is 0.227 e. The Morgan fingerprint density at radius 1 is 0.382 bits per heavy atom. The number of para-hydroxylation sites is 4. The first-order chi connectivity index (χ1) is 28.9. The molecule has 0 N–H and O–H groups in total. The molecule has 4 heteroatoms. The second kappa shape index (κ2) is 12.4. The Labute approximate surface area is 323 Å². The highest BCUT2D eigenvalue weighted by molar-refractivity contribution is 5.89. The normalized spacial score (nSPS) is 13.9. The standard InChI is InChI=1S/C51H32N2O2/c1-3-13-39(14-4-1)51(40-15-5-2-6-16-40)43-18-8-7-17-41(43)42-28-27-35(32-44(42)51)33-23-25-34(26-24-33)36-29-37(49-52-45-19-9-11-21-47(45)54-49)31-38(30-36)50-53-46-20-10-12-22-48(46)55-50/h1-32H/i23D,24D,25D,26D. The summed E-state index contributed by atoms with van der Waals surface area (Å²) in [4.78, 5) is 9.48. The summed E-state index contributed by atoms with van der Waals surface area (Å²) < 4.78 is 50.5. The Balaban J connectivity index is 1.11. The summed E-state index contributed by atoms with van der Waals surface area (Å²) in [5.74, 6) is 0.688. The number of aromatic nitrogens is 2. The van der Waals surface area contributed by atoms with E-state index in [2.05, 4.69) is 84.9 Å². The van der Waals surface area contributed by atoms with Gasteiger partial charge in [0.2, 0.25) is 11.8 Å². The number of oxazole rings is 2. The molecule has 0 bridgehead atoms. The molecule has 4 nitrogen and oxygen atoms in total. The molecule has 0 unspecified atom stereocenters. The lowest BCUT2D eigenvalue weighted by Gasteiger charge is -2.34. The van der Waals surface area contributed by atoms with Crippen LogP contribution in [0, 0.1) is 0 Å². The molecule has 0 amide bonds. The van der Waals surface area contributed by atoms with Gasteiger partial charge in [0.05, 0.1) is 10.9 Å². The second-order valence-electron chi connectivity index (χ2n) is 13.8. The van der Waals surface area contributed by atoms with Crippen molar-refractivity contribution in [3.05, 3.63) is 216 Å². The zero-order valence-electron chi connectivity index (χ0n) is 33.4. The summed E-state index contributed by atoms with van der Waals surface area (Å²) in [6.07, 6.45) is 0. The van der Waals surface area contributed by atoms with E-state index in [0.29, 0.717) is 56.2 Å². The summed E-state index contributed by atoms with van der Waals surface area (Å²) in [5, 5.41) is 0. The first-order valence-electron chi connectivity index (χ1n) is 20.2. The Hall–Kier alpha value is -7.30. The largest absolute Gasteiger partial charge is 0.436 e. The molecule has 1 aliphatic rings. The fourth-order valence-electron chi connectivity index (χ4n) is 8.21. The van der Waals surface area contributed by atoms with Crippen molar-refractivity contribution >= 4 is 22.2 Å². The van der Waals surface area contributed by atoms with E-state index in [1.54, 1.807) is 12.1 Å². The van der Waals surface area contributed by atoms with Crippen LogP contribution in [0.3, 0.4) is 0 Å². The highest BCUT2D eigenvalue weighted by Gasteiger charge is 2.46. The first-order valence-corrected chi connectivity index (χ1v) is 18.2. The third-order valence-corrected chi connectivity index (χ3v) is 10.7. The predicted molar refractivity (Wildman–Crippen MR) is 221 cm³/mol. The predicted octanol–water partition coefficient (Wildman–Crippen LogP) is 13.0. The summed E-state index contributed by atoms with van der Waals surface area (Å²) >= 11 is 0. The molecule has 10 aromatic rings. The quantitative estimate of drug-likeness (QED) is 0.173. The molecular weight excluding hydrogens is 673 g/mol. The SMILES string of the molecule is [2H]c1c([2H])c(-c2ccc3c(c2)C(c2ccccc2)(c2ccccc2)c2ccccc2-3)c([2H])c([2H])c1-c1cc(-c2nc3ccccc3o2)cc(-c2nc3ccccc3o2)c1. The van der Waals surface area contributed by atoms with Crippen LogP contribution in [0.2, 0.25) is 0 Å². The van der Waals surface area contributed by atoms with Crippen LogP contribution in [0.25, 0.3) is 78.5 Å². The first kappa shape index (κ1) is 27.3. The van der Waals surface area contributed by atoms with Crippen LogP contribution in [0.5, 0.6) is 0 Å². The highest BCUT2D eigenvalue weighted by atomic mass is 16.4. The van der Waals surface area contributed by atoms with Crippen molar-refractivity contribution in [1.82, 2.24) is 9.97 Å². The maximum Gasteiger partial charge on any atom is 0.227 e. The molecule has 11 rings (SSSR count). The van der Waals surface area contributed by atoms with Crippen LogP contribution in [-0.2, 0) is 5.41 Å². The maximum atomic E-state index is 9.54. The molecule has 0 aliphatic heterocycles. The molecule has 0 spiro atoms. The average molecular weight is 709 g/mol. The van der Waals surface area contributed by atoms with Gasteiger partial charge in [0.15, 0.2) is 11.2 Å². The minimum absolute atomic E-state index is 0.142. The van der Waals surface area contributed by atoms with Crippen molar-refractivity contribution < 1.29 is 14.3 Å². The molecule has 0 saturated heterocycles. The fraction of sp³-hybridized carbons (Fsp3) is 0.0196. The molecule has 0 saturated carbocycles. The van der Waals surface area contributed by atoms with E-state index in [4.69, 9.17) is 18.8 Å². The van der Waals surface area contributed by atoms with Crippen molar-refractivity contribution in [2.45, 2.75) is 5.41 Å². The van der Waals surface area contributed by atoms with Crippen molar-refractivity contribution in [1.29, 1.82) is 0 Å². The zero-order chi connectivity index (χ0) is 39.8. The van der Waals surface area contributed by atoms with E-state index < -0.39 is 5.41 Å². The summed E-state index contributed by atoms with van der Waals surface area (Å²) in [6.45, 7) is 0. The molecule has 2 aromatic heterocycles. The van der Waals surface area contributed by atoms with Gasteiger partial charge in [-0.15, -0.1) is 0 Å². The number of hydrogen-bond acceptors (Lipinski definition) is 4. The lowest BCUT2D eigenvalue weighted by molar-refractivity contribution is 0.617. The van der Waals surface area contributed by atoms with Crippen LogP contribution in [-0.4, -0.2) is 9.97 Å². The Kier molecular flexibility index (Phi) is 6.16.